The second-order valence-electron chi connectivity index (χ2n) is 5.41. The van der Waals surface area contributed by atoms with Crippen LogP contribution in [0.3, 0.4) is 0 Å². The van der Waals surface area contributed by atoms with Gasteiger partial charge in [-0.25, -0.2) is 5.43 Å². The van der Waals surface area contributed by atoms with Crippen molar-refractivity contribution in [2.75, 3.05) is 13.7 Å². The number of nitrogens with zero attached hydrogens (tertiary/aromatic N) is 1. The maximum Gasteiger partial charge on any atom is 0.277 e. The summed E-state index contributed by atoms with van der Waals surface area (Å²) in [4.78, 5) is 12.0. The summed E-state index contributed by atoms with van der Waals surface area (Å²) >= 11 is 0. The first-order valence-electron chi connectivity index (χ1n) is 7.96. The number of methoxy groups -OCH3 is 1. The number of aromatic hydroxyl groups is 1. The number of amides is 1. The molecule has 132 valence electrons. The molecule has 0 atom stereocenters. The van der Waals surface area contributed by atoms with Crippen LogP contribution in [0.15, 0.2) is 47.6 Å². The maximum absolute atomic E-state index is 12.0. The fraction of sp³-hybridized carbons (Fsp3) is 0.263. The van der Waals surface area contributed by atoms with Crippen LogP contribution in [0.5, 0.6) is 17.2 Å². The van der Waals surface area contributed by atoms with E-state index in [4.69, 9.17) is 9.47 Å². The summed E-state index contributed by atoms with van der Waals surface area (Å²) in [6, 6.07) is 12.3. The predicted octanol–water partition coefficient (Wildman–Crippen LogP) is 3.02. The molecule has 0 aliphatic heterocycles. The summed E-state index contributed by atoms with van der Waals surface area (Å²) < 4.78 is 10.6. The van der Waals surface area contributed by atoms with E-state index in [1.165, 1.54) is 7.11 Å². The largest absolute Gasteiger partial charge is 0.507 e. The van der Waals surface area contributed by atoms with Gasteiger partial charge in [-0.05, 0) is 37.6 Å². The molecule has 0 bridgehead atoms. The zero-order chi connectivity index (χ0) is 18.2. The number of hydrazone groups is 1. The molecule has 2 aromatic rings. The van der Waals surface area contributed by atoms with E-state index in [0.29, 0.717) is 29.2 Å². The SMILES string of the molecule is CC/C(=N\NC(=O)COc1ccccc1OC)c1cc(C)ccc1O. The predicted molar refractivity (Wildman–Crippen MR) is 96.3 cm³/mol. The molecule has 0 saturated carbocycles. The molecule has 0 unspecified atom stereocenters. The van der Waals surface area contributed by atoms with Gasteiger partial charge in [0.15, 0.2) is 18.1 Å². The average Bonchev–Trinajstić information content (AvgIpc) is 2.63. The molecule has 6 heteroatoms. The van der Waals surface area contributed by atoms with Crippen LogP contribution in [0, 0.1) is 6.92 Å². The van der Waals surface area contributed by atoms with Crippen molar-refractivity contribution in [2.45, 2.75) is 20.3 Å². The van der Waals surface area contributed by atoms with Crippen molar-refractivity contribution < 1.29 is 19.4 Å². The summed E-state index contributed by atoms with van der Waals surface area (Å²) in [6.07, 6.45) is 0.560. The van der Waals surface area contributed by atoms with E-state index in [0.717, 1.165) is 5.56 Å². The molecule has 25 heavy (non-hydrogen) atoms. The van der Waals surface area contributed by atoms with Gasteiger partial charge in [0.05, 0.1) is 12.8 Å². The molecule has 2 N–H and O–H groups in total. The number of hydrogen-bond donors (Lipinski definition) is 2. The number of nitrogens with one attached hydrogen (secondary N) is 1. The molecule has 6 nitrogen and oxygen atoms in total. The van der Waals surface area contributed by atoms with Gasteiger partial charge in [-0.3, -0.25) is 4.79 Å². The topological polar surface area (TPSA) is 80.2 Å². The number of hydrogen-bond acceptors (Lipinski definition) is 5. The van der Waals surface area contributed by atoms with Gasteiger partial charge in [-0.2, -0.15) is 5.10 Å². The monoisotopic (exact) mass is 342 g/mol. The lowest BCUT2D eigenvalue weighted by atomic mass is 10.0. The lowest BCUT2D eigenvalue weighted by Gasteiger charge is -2.10. The third-order valence-corrected chi connectivity index (χ3v) is 3.54. The standard InChI is InChI=1S/C19H22N2O4/c1-4-15(14-11-13(2)9-10-16(14)22)20-21-19(23)12-25-18-8-6-5-7-17(18)24-3/h5-11,22H,4,12H2,1-3H3,(H,21,23)/b20-15+. The van der Waals surface area contributed by atoms with Crippen molar-refractivity contribution in [1.29, 1.82) is 0 Å². The Balaban J connectivity index is 2.01. The molecule has 1 amide bonds. The number of ether oxygens (including phenoxy) is 2. The second kappa shape index (κ2) is 8.73. The number of phenolic OH excluding ortho intramolecular Hbond substituents is 1. The van der Waals surface area contributed by atoms with Crippen LogP contribution in [-0.4, -0.2) is 30.4 Å². The summed E-state index contributed by atoms with van der Waals surface area (Å²) in [6.45, 7) is 3.63. The number of benzene rings is 2. The van der Waals surface area contributed by atoms with Gasteiger partial charge in [0.25, 0.3) is 5.91 Å². The quantitative estimate of drug-likeness (QED) is 0.599. The molecule has 2 aromatic carbocycles. The highest BCUT2D eigenvalue weighted by Crippen LogP contribution is 2.25. The molecular weight excluding hydrogens is 320 g/mol. The van der Waals surface area contributed by atoms with Crippen molar-refractivity contribution in [1.82, 2.24) is 5.43 Å². The molecule has 0 aliphatic carbocycles. The Labute approximate surface area is 147 Å². The molecule has 0 radical (unpaired) electrons. The molecule has 0 spiro atoms. The second-order valence-corrected chi connectivity index (χ2v) is 5.41. The maximum atomic E-state index is 12.0. The van der Waals surface area contributed by atoms with Gasteiger partial charge in [-0.15, -0.1) is 0 Å². The van der Waals surface area contributed by atoms with Crippen molar-refractivity contribution in [2.24, 2.45) is 5.10 Å². The first-order chi connectivity index (χ1) is 12.0. The van der Waals surface area contributed by atoms with E-state index >= 15 is 0 Å². The first-order valence-corrected chi connectivity index (χ1v) is 7.96. The van der Waals surface area contributed by atoms with Crippen LogP contribution >= 0.6 is 0 Å². The summed E-state index contributed by atoms with van der Waals surface area (Å²) in [5.74, 6) is 0.767. The van der Waals surface area contributed by atoms with Crippen LogP contribution in [0.1, 0.15) is 24.5 Å². The lowest BCUT2D eigenvalue weighted by Crippen LogP contribution is -2.26. The lowest BCUT2D eigenvalue weighted by molar-refractivity contribution is -0.123. The zero-order valence-electron chi connectivity index (χ0n) is 14.6. The Hall–Kier alpha value is -3.02. The van der Waals surface area contributed by atoms with Crippen molar-refractivity contribution in [3.05, 3.63) is 53.6 Å². The molecule has 0 heterocycles. The highest BCUT2D eigenvalue weighted by Gasteiger charge is 2.10. The number of phenols is 1. The van der Waals surface area contributed by atoms with Crippen LogP contribution in [-0.2, 0) is 4.79 Å². The summed E-state index contributed by atoms with van der Waals surface area (Å²) in [7, 11) is 1.54. The minimum absolute atomic E-state index is 0.130. The highest BCUT2D eigenvalue weighted by atomic mass is 16.5. The Morgan fingerprint density at radius 3 is 2.60 bits per heavy atom. The number of carbonyl (C=O) groups excluding carboxylic acids is 1. The van der Waals surface area contributed by atoms with Crippen molar-refractivity contribution >= 4 is 11.6 Å². The third-order valence-electron chi connectivity index (χ3n) is 3.54. The number of para-hydroxylation sites is 2. The fourth-order valence-corrected chi connectivity index (χ4v) is 2.25. The summed E-state index contributed by atoms with van der Waals surface area (Å²) in [5, 5.41) is 14.1. The Morgan fingerprint density at radius 1 is 1.20 bits per heavy atom. The molecule has 0 saturated heterocycles. The normalized spacial score (nSPS) is 11.1. The van der Waals surface area contributed by atoms with Gasteiger partial charge in [0.1, 0.15) is 5.75 Å². The molecule has 2 rings (SSSR count). The molecule has 0 aromatic heterocycles. The minimum Gasteiger partial charge on any atom is -0.507 e. The smallest absolute Gasteiger partial charge is 0.277 e. The fourth-order valence-electron chi connectivity index (χ4n) is 2.25. The molecule has 0 fully saturated rings. The van der Waals surface area contributed by atoms with Crippen molar-refractivity contribution in [3.8, 4) is 17.2 Å². The van der Waals surface area contributed by atoms with Crippen LogP contribution in [0.2, 0.25) is 0 Å². The van der Waals surface area contributed by atoms with E-state index in [2.05, 4.69) is 10.5 Å². The van der Waals surface area contributed by atoms with E-state index < -0.39 is 5.91 Å². The number of carbonyl (C=O) groups is 1. The van der Waals surface area contributed by atoms with E-state index in [1.54, 1.807) is 24.3 Å². The van der Waals surface area contributed by atoms with Crippen LogP contribution in [0.4, 0.5) is 0 Å². The first kappa shape index (κ1) is 18.3. The summed E-state index contributed by atoms with van der Waals surface area (Å²) in [5.41, 5.74) is 4.65. The van der Waals surface area contributed by atoms with Gasteiger partial charge in [-0.1, -0.05) is 30.7 Å². The third kappa shape index (κ3) is 4.97. The molecule has 0 aliphatic rings. The average molecular weight is 342 g/mol. The minimum atomic E-state index is -0.399. The van der Waals surface area contributed by atoms with E-state index in [9.17, 15) is 9.90 Å². The number of aryl methyl sites for hydroxylation is 1. The van der Waals surface area contributed by atoms with Gasteiger partial charge < -0.3 is 14.6 Å². The Bertz CT molecular complexity index is 772. The molecular formula is C19H22N2O4. The number of rotatable bonds is 7. The highest BCUT2D eigenvalue weighted by molar-refractivity contribution is 6.03. The van der Waals surface area contributed by atoms with Crippen LogP contribution < -0.4 is 14.9 Å². The zero-order valence-corrected chi connectivity index (χ0v) is 14.6. The Kier molecular flexibility index (Phi) is 6.39. The van der Waals surface area contributed by atoms with E-state index in [-0.39, 0.29) is 12.4 Å². The van der Waals surface area contributed by atoms with Crippen LogP contribution in [0.25, 0.3) is 0 Å². The van der Waals surface area contributed by atoms with Gasteiger partial charge in [0.2, 0.25) is 0 Å². The van der Waals surface area contributed by atoms with Gasteiger partial charge in [0, 0.05) is 5.56 Å². The van der Waals surface area contributed by atoms with E-state index in [1.807, 2.05) is 32.0 Å². The Morgan fingerprint density at radius 2 is 1.92 bits per heavy atom. The van der Waals surface area contributed by atoms with Gasteiger partial charge >= 0.3 is 0 Å². The van der Waals surface area contributed by atoms with Crippen molar-refractivity contribution in [3.63, 3.8) is 0 Å².